The molecule has 118 valence electrons. The summed E-state index contributed by atoms with van der Waals surface area (Å²) in [6, 6.07) is 9.25. The zero-order valence-corrected chi connectivity index (χ0v) is 14.1. The Morgan fingerprint density at radius 2 is 1.57 bits per heavy atom. The number of hydrogen-bond acceptors (Lipinski definition) is 1. The van der Waals surface area contributed by atoms with Crippen molar-refractivity contribution >= 4 is 0 Å². The molecule has 1 aliphatic rings. The van der Waals surface area contributed by atoms with E-state index in [1.54, 1.807) is 0 Å². The van der Waals surface area contributed by atoms with Gasteiger partial charge in [0.25, 0.3) is 0 Å². The van der Waals surface area contributed by atoms with Crippen LogP contribution in [0.1, 0.15) is 88.8 Å². The quantitative estimate of drug-likeness (QED) is 0.702. The predicted octanol–water partition coefficient (Wildman–Crippen LogP) is 5.81. The van der Waals surface area contributed by atoms with E-state index in [4.69, 9.17) is 5.73 Å². The molecule has 1 nitrogen and oxygen atoms in total. The summed E-state index contributed by atoms with van der Waals surface area (Å²) in [7, 11) is 0. The van der Waals surface area contributed by atoms with Gasteiger partial charge in [0.15, 0.2) is 0 Å². The third-order valence-corrected chi connectivity index (χ3v) is 5.35. The highest BCUT2D eigenvalue weighted by atomic mass is 14.7. The zero-order valence-electron chi connectivity index (χ0n) is 14.1. The van der Waals surface area contributed by atoms with Gasteiger partial charge in [0, 0.05) is 6.04 Å². The van der Waals surface area contributed by atoms with Crippen LogP contribution in [0, 0.1) is 11.8 Å². The molecule has 0 bridgehead atoms. The van der Waals surface area contributed by atoms with Crippen molar-refractivity contribution in [1.29, 1.82) is 0 Å². The van der Waals surface area contributed by atoms with E-state index < -0.39 is 0 Å². The minimum absolute atomic E-state index is 0.235. The Morgan fingerprint density at radius 3 is 2.10 bits per heavy atom. The second kappa shape index (κ2) is 7.98. The van der Waals surface area contributed by atoms with Crippen molar-refractivity contribution in [2.24, 2.45) is 17.6 Å². The van der Waals surface area contributed by atoms with Gasteiger partial charge in [0.1, 0.15) is 0 Å². The second-order valence-electron chi connectivity index (χ2n) is 7.27. The number of rotatable bonds is 6. The Hall–Kier alpha value is -0.820. The molecule has 0 amide bonds. The van der Waals surface area contributed by atoms with Crippen LogP contribution in [0.4, 0.5) is 0 Å². The van der Waals surface area contributed by atoms with Gasteiger partial charge in [-0.1, -0.05) is 77.1 Å². The highest BCUT2D eigenvalue weighted by Gasteiger charge is 2.26. The molecular weight excluding hydrogens is 254 g/mol. The molecule has 1 unspecified atom stereocenters. The van der Waals surface area contributed by atoms with E-state index in [0.29, 0.717) is 11.8 Å². The molecule has 1 saturated carbocycles. The molecule has 1 aromatic rings. The molecule has 0 spiro atoms. The molecule has 0 heterocycles. The molecule has 1 aromatic carbocycles. The highest BCUT2D eigenvalue weighted by Crippen LogP contribution is 2.37. The van der Waals surface area contributed by atoms with E-state index in [-0.39, 0.29) is 6.04 Å². The monoisotopic (exact) mass is 287 g/mol. The van der Waals surface area contributed by atoms with Crippen molar-refractivity contribution in [2.45, 2.75) is 77.7 Å². The standard InChI is InChI=1S/C20H33N/c1-4-5-6-16-7-9-18(10-8-16)20(21)19-13-11-17(12-14-19)15(2)3/h11-16,18,20H,4-10,21H2,1-3H3. The van der Waals surface area contributed by atoms with E-state index in [1.165, 1.54) is 56.1 Å². The van der Waals surface area contributed by atoms with Gasteiger partial charge in [-0.15, -0.1) is 0 Å². The number of unbranched alkanes of at least 4 members (excludes halogenated alkanes) is 1. The van der Waals surface area contributed by atoms with E-state index >= 15 is 0 Å². The van der Waals surface area contributed by atoms with Crippen molar-refractivity contribution in [2.75, 3.05) is 0 Å². The summed E-state index contributed by atoms with van der Waals surface area (Å²) in [5.74, 6) is 2.26. The van der Waals surface area contributed by atoms with Gasteiger partial charge in [0.05, 0.1) is 0 Å². The van der Waals surface area contributed by atoms with E-state index in [9.17, 15) is 0 Å². The summed E-state index contributed by atoms with van der Waals surface area (Å²) in [4.78, 5) is 0. The third-order valence-electron chi connectivity index (χ3n) is 5.35. The average molecular weight is 287 g/mol. The fraction of sp³-hybridized carbons (Fsp3) is 0.700. The third kappa shape index (κ3) is 4.57. The number of hydrogen-bond donors (Lipinski definition) is 1. The van der Waals surface area contributed by atoms with Crippen LogP contribution in [0.5, 0.6) is 0 Å². The summed E-state index contributed by atoms with van der Waals surface area (Å²) in [5.41, 5.74) is 9.28. The highest BCUT2D eigenvalue weighted by molar-refractivity contribution is 5.27. The smallest absolute Gasteiger partial charge is 0.0323 e. The van der Waals surface area contributed by atoms with Crippen LogP contribution in [0.3, 0.4) is 0 Å². The van der Waals surface area contributed by atoms with Crippen molar-refractivity contribution < 1.29 is 0 Å². The summed E-state index contributed by atoms with van der Waals surface area (Å²) in [6.07, 6.45) is 9.59. The topological polar surface area (TPSA) is 26.0 Å². The predicted molar refractivity (Wildman–Crippen MR) is 92.4 cm³/mol. The normalized spacial score (nSPS) is 24.2. The van der Waals surface area contributed by atoms with Crippen LogP contribution in [0.25, 0.3) is 0 Å². The molecule has 0 aliphatic heterocycles. The van der Waals surface area contributed by atoms with Gasteiger partial charge in [-0.3, -0.25) is 0 Å². The van der Waals surface area contributed by atoms with Crippen LogP contribution in [-0.2, 0) is 0 Å². The molecule has 2 rings (SSSR count). The summed E-state index contributed by atoms with van der Waals surface area (Å²) >= 11 is 0. The van der Waals surface area contributed by atoms with Gasteiger partial charge in [-0.2, -0.15) is 0 Å². The van der Waals surface area contributed by atoms with Crippen molar-refractivity contribution in [3.63, 3.8) is 0 Å². The summed E-state index contributed by atoms with van der Waals surface area (Å²) in [5, 5.41) is 0. The molecule has 1 fully saturated rings. The van der Waals surface area contributed by atoms with E-state index in [2.05, 4.69) is 45.0 Å². The first-order valence-electron chi connectivity index (χ1n) is 8.97. The first kappa shape index (κ1) is 16.5. The van der Waals surface area contributed by atoms with Crippen molar-refractivity contribution in [1.82, 2.24) is 0 Å². The van der Waals surface area contributed by atoms with Gasteiger partial charge < -0.3 is 5.73 Å². The minimum atomic E-state index is 0.235. The summed E-state index contributed by atoms with van der Waals surface area (Å²) < 4.78 is 0. The minimum Gasteiger partial charge on any atom is -0.324 e. The lowest BCUT2D eigenvalue weighted by Crippen LogP contribution is -2.26. The average Bonchev–Trinajstić information content (AvgIpc) is 2.53. The Balaban J connectivity index is 1.87. The maximum absolute atomic E-state index is 6.54. The Bertz CT molecular complexity index is 398. The van der Waals surface area contributed by atoms with Gasteiger partial charge in [-0.05, 0) is 41.7 Å². The lowest BCUT2D eigenvalue weighted by molar-refractivity contribution is 0.232. The molecule has 0 saturated heterocycles. The Morgan fingerprint density at radius 1 is 1.00 bits per heavy atom. The van der Waals surface area contributed by atoms with Gasteiger partial charge >= 0.3 is 0 Å². The molecule has 2 N–H and O–H groups in total. The molecular formula is C20H33N. The van der Waals surface area contributed by atoms with Crippen molar-refractivity contribution in [3.8, 4) is 0 Å². The van der Waals surface area contributed by atoms with E-state index in [1.807, 2.05) is 0 Å². The lowest BCUT2D eigenvalue weighted by Gasteiger charge is -2.32. The maximum Gasteiger partial charge on any atom is 0.0323 e. The van der Waals surface area contributed by atoms with Crippen LogP contribution in [0.15, 0.2) is 24.3 Å². The fourth-order valence-electron chi connectivity index (χ4n) is 3.70. The van der Waals surface area contributed by atoms with Gasteiger partial charge in [0.2, 0.25) is 0 Å². The van der Waals surface area contributed by atoms with Gasteiger partial charge in [-0.25, -0.2) is 0 Å². The lowest BCUT2D eigenvalue weighted by atomic mass is 9.75. The van der Waals surface area contributed by atoms with Crippen LogP contribution in [0.2, 0.25) is 0 Å². The number of nitrogens with two attached hydrogens (primary N) is 1. The van der Waals surface area contributed by atoms with Crippen LogP contribution >= 0.6 is 0 Å². The molecule has 1 atom stereocenters. The molecule has 21 heavy (non-hydrogen) atoms. The SMILES string of the molecule is CCCCC1CCC(C(N)c2ccc(C(C)C)cc2)CC1. The molecule has 0 radical (unpaired) electrons. The number of benzene rings is 1. The summed E-state index contributed by atoms with van der Waals surface area (Å²) in [6.45, 7) is 6.78. The first-order valence-corrected chi connectivity index (χ1v) is 8.97. The molecule has 1 aliphatic carbocycles. The first-order chi connectivity index (χ1) is 10.1. The largest absolute Gasteiger partial charge is 0.324 e. The maximum atomic E-state index is 6.54. The second-order valence-corrected chi connectivity index (χ2v) is 7.27. The van der Waals surface area contributed by atoms with Crippen LogP contribution in [-0.4, -0.2) is 0 Å². The Kier molecular flexibility index (Phi) is 6.29. The van der Waals surface area contributed by atoms with E-state index in [0.717, 1.165) is 5.92 Å². The molecule has 1 heteroatoms. The fourth-order valence-corrected chi connectivity index (χ4v) is 3.70. The zero-order chi connectivity index (χ0) is 15.2. The molecule has 0 aromatic heterocycles. The van der Waals surface area contributed by atoms with Crippen LogP contribution < -0.4 is 5.73 Å². The Labute approximate surface area is 131 Å². The van der Waals surface area contributed by atoms with Crippen molar-refractivity contribution in [3.05, 3.63) is 35.4 Å².